The van der Waals surface area contributed by atoms with E-state index in [4.69, 9.17) is 21.1 Å². The number of halogens is 1. The number of carbonyl (C=O) groups is 5. The summed E-state index contributed by atoms with van der Waals surface area (Å²) in [5.41, 5.74) is 1.52. The number of hydrogen-bond donors (Lipinski definition) is 1. The Kier molecular flexibility index (Phi) is 10.3. The van der Waals surface area contributed by atoms with Crippen LogP contribution in [-0.4, -0.2) is 42.1 Å². The second-order valence-corrected chi connectivity index (χ2v) is 8.78. The Morgan fingerprint density at radius 2 is 1.42 bits per heavy atom. The maximum Gasteiger partial charge on any atom is 0.338 e. The third kappa shape index (κ3) is 8.67. The van der Waals surface area contributed by atoms with Gasteiger partial charge < -0.3 is 14.8 Å². The number of nitrogens with one attached hydrogen (secondary N) is 1. The van der Waals surface area contributed by atoms with Crippen molar-refractivity contribution < 1.29 is 33.4 Å². The number of carbonyl (C=O) groups excluding carboxylic acids is 5. The minimum Gasteiger partial charge on any atom is -0.454 e. The van der Waals surface area contributed by atoms with Crippen molar-refractivity contribution in [2.24, 2.45) is 0 Å². The average Bonchev–Trinajstić information content (AvgIpc) is 2.92. The molecule has 3 aromatic carbocycles. The normalized spacial score (nSPS) is 11.2. The zero-order valence-corrected chi connectivity index (χ0v) is 21.4. The molecule has 8 nitrogen and oxygen atoms in total. The molecule has 0 saturated carbocycles. The zero-order chi connectivity index (χ0) is 27.5. The summed E-state index contributed by atoms with van der Waals surface area (Å²) in [4.78, 5) is 60.9. The minimum absolute atomic E-state index is 0.0296. The van der Waals surface area contributed by atoms with Crippen LogP contribution in [0.25, 0.3) is 0 Å². The third-order valence-corrected chi connectivity index (χ3v) is 5.68. The number of ether oxygens (including phenoxy) is 2. The van der Waals surface area contributed by atoms with Gasteiger partial charge in [0.2, 0.25) is 11.7 Å². The molecule has 0 aromatic heterocycles. The van der Waals surface area contributed by atoms with Gasteiger partial charge in [0.25, 0.3) is 0 Å². The predicted molar refractivity (Wildman–Crippen MR) is 141 cm³/mol. The number of Topliss-reactive ketones (excluding diaryl/α,β-unsaturated/α-hetero) is 2. The van der Waals surface area contributed by atoms with Crippen LogP contribution in [0.15, 0.2) is 78.9 Å². The van der Waals surface area contributed by atoms with Crippen molar-refractivity contribution >= 4 is 46.7 Å². The van der Waals surface area contributed by atoms with Crippen LogP contribution in [0.2, 0.25) is 5.02 Å². The van der Waals surface area contributed by atoms with E-state index in [1.54, 1.807) is 54.6 Å². The Morgan fingerprint density at radius 3 is 2.08 bits per heavy atom. The first-order valence-electron chi connectivity index (χ1n) is 11.9. The molecule has 0 heterocycles. The molecule has 1 N–H and O–H groups in total. The molecule has 0 saturated heterocycles. The van der Waals surface area contributed by atoms with Crippen LogP contribution >= 0.6 is 11.6 Å². The van der Waals surface area contributed by atoms with E-state index in [0.29, 0.717) is 21.8 Å². The molecule has 0 fully saturated rings. The lowest BCUT2D eigenvalue weighted by molar-refractivity contribution is -0.146. The van der Waals surface area contributed by atoms with Crippen molar-refractivity contribution in [3.8, 4) is 0 Å². The van der Waals surface area contributed by atoms with Gasteiger partial charge in [0.1, 0.15) is 0 Å². The van der Waals surface area contributed by atoms with E-state index in [2.05, 4.69) is 5.32 Å². The molecule has 0 unspecified atom stereocenters. The van der Waals surface area contributed by atoms with Crippen LogP contribution in [0.3, 0.4) is 0 Å². The summed E-state index contributed by atoms with van der Waals surface area (Å²) in [6.07, 6.45) is -0.705. The van der Waals surface area contributed by atoms with Gasteiger partial charge in [0, 0.05) is 34.7 Å². The first-order valence-corrected chi connectivity index (χ1v) is 12.3. The number of rotatable bonds is 12. The summed E-state index contributed by atoms with van der Waals surface area (Å²) in [6.45, 7) is 1.11. The molecule has 0 aliphatic rings. The number of hydrogen-bond acceptors (Lipinski definition) is 7. The number of ketones is 2. The summed E-state index contributed by atoms with van der Waals surface area (Å²) in [5.74, 6) is -2.22. The van der Waals surface area contributed by atoms with Crippen molar-refractivity contribution in [1.82, 2.24) is 0 Å². The number of amides is 1. The molecule has 1 atom stereocenters. The quantitative estimate of drug-likeness (QED) is 0.247. The Balaban J connectivity index is 1.37. The highest BCUT2D eigenvalue weighted by atomic mass is 35.5. The molecule has 0 aliphatic heterocycles. The van der Waals surface area contributed by atoms with Crippen molar-refractivity contribution in [2.75, 3.05) is 11.9 Å². The van der Waals surface area contributed by atoms with Crippen molar-refractivity contribution in [3.63, 3.8) is 0 Å². The Morgan fingerprint density at radius 1 is 0.789 bits per heavy atom. The Hall–Kier alpha value is -4.30. The van der Waals surface area contributed by atoms with E-state index in [0.717, 1.165) is 0 Å². The van der Waals surface area contributed by atoms with Crippen LogP contribution < -0.4 is 5.32 Å². The fourth-order valence-electron chi connectivity index (χ4n) is 3.39. The maximum absolute atomic E-state index is 12.3. The van der Waals surface area contributed by atoms with Gasteiger partial charge in [0.15, 0.2) is 18.5 Å². The Bertz CT molecular complexity index is 1290. The van der Waals surface area contributed by atoms with Gasteiger partial charge in [-0.3, -0.25) is 19.2 Å². The lowest BCUT2D eigenvalue weighted by Gasteiger charge is -2.12. The highest BCUT2D eigenvalue weighted by Gasteiger charge is 2.19. The van der Waals surface area contributed by atoms with E-state index in [1.807, 2.05) is 0 Å². The molecule has 3 rings (SSSR count). The monoisotopic (exact) mass is 535 g/mol. The van der Waals surface area contributed by atoms with E-state index in [9.17, 15) is 24.0 Å². The fourth-order valence-corrected chi connectivity index (χ4v) is 3.51. The molecular formula is C29H26ClNO7. The second-order valence-electron chi connectivity index (χ2n) is 8.35. The lowest BCUT2D eigenvalue weighted by Crippen LogP contribution is -2.24. The van der Waals surface area contributed by atoms with Crippen LogP contribution in [-0.2, 0) is 19.1 Å². The fraction of sp³-hybridized carbons (Fsp3) is 0.207. The smallest absolute Gasteiger partial charge is 0.338 e. The highest BCUT2D eigenvalue weighted by Crippen LogP contribution is 2.14. The van der Waals surface area contributed by atoms with Gasteiger partial charge in [-0.05, 0) is 61.9 Å². The van der Waals surface area contributed by atoms with Gasteiger partial charge in [-0.2, -0.15) is 0 Å². The van der Waals surface area contributed by atoms with E-state index >= 15 is 0 Å². The van der Waals surface area contributed by atoms with Crippen LogP contribution in [0, 0.1) is 0 Å². The molecule has 196 valence electrons. The molecular weight excluding hydrogens is 510 g/mol. The van der Waals surface area contributed by atoms with Gasteiger partial charge in [-0.1, -0.05) is 41.9 Å². The topological polar surface area (TPSA) is 116 Å². The van der Waals surface area contributed by atoms with E-state index in [-0.39, 0.29) is 48.9 Å². The van der Waals surface area contributed by atoms with Crippen LogP contribution in [0.1, 0.15) is 57.3 Å². The van der Waals surface area contributed by atoms with Crippen molar-refractivity contribution in [3.05, 3.63) is 101 Å². The van der Waals surface area contributed by atoms with Crippen LogP contribution in [0.5, 0.6) is 0 Å². The van der Waals surface area contributed by atoms with Crippen molar-refractivity contribution in [1.29, 1.82) is 0 Å². The molecule has 3 aromatic rings. The predicted octanol–water partition coefficient (Wildman–Crippen LogP) is 5.30. The molecule has 0 radical (unpaired) electrons. The largest absolute Gasteiger partial charge is 0.454 e. The molecule has 1 amide bonds. The summed E-state index contributed by atoms with van der Waals surface area (Å²) in [5, 5.41) is 3.17. The summed E-state index contributed by atoms with van der Waals surface area (Å²) in [7, 11) is 0. The third-order valence-electron chi connectivity index (χ3n) is 5.43. The van der Waals surface area contributed by atoms with Crippen LogP contribution in [0.4, 0.5) is 5.69 Å². The van der Waals surface area contributed by atoms with Crippen molar-refractivity contribution in [2.45, 2.75) is 32.3 Å². The van der Waals surface area contributed by atoms with Gasteiger partial charge >= 0.3 is 11.9 Å². The standard InChI is InChI=1S/C29H26ClNO7/c1-19(28(35)21-10-14-23(30)15-11-21)38-27(34)9-5-8-26(33)31-24-16-12-22(13-17-24)29(36)37-18-25(32)20-6-3-2-4-7-20/h2-4,6-7,10-17,19H,5,8-9,18H2,1H3,(H,31,33)/t19-/m0/s1. The molecule has 0 aliphatic carbocycles. The SMILES string of the molecule is C[C@H](OC(=O)CCCC(=O)Nc1ccc(C(=O)OCC(=O)c2ccccc2)cc1)C(=O)c1ccc(Cl)cc1. The highest BCUT2D eigenvalue weighted by molar-refractivity contribution is 6.30. The lowest BCUT2D eigenvalue weighted by atomic mass is 10.1. The first-order chi connectivity index (χ1) is 18.2. The van der Waals surface area contributed by atoms with Gasteiger partial charge in [-0.25, -0.2) is 4.79 Å². The first kappa shape index (κ1) is 28.3. The zero-order valence-electron chi connectivity index (χ0n) is 20.6. The molecule has 0 spiro atoms. The van der Waals surface area contributed by atoms with E-state index in [1.165, 1.54) is 31.2 Å². The van der Waals surface area contributed by atoms with E-state index < -0.39 is 18.0 Å². The molecule has 38 heavy (non-hydrogen) atoms. The van der Waals surface area contributed by atoms with Gasteiger partial charge in [-0.15, -0.1) is 0 Å². The number of esters is 2. The number of benzene rings is 3. The second kappa shape index (κ2) is 13.9. The number of anilines is 1. The average molecular weight is 536 g/mol. The Labute approximate surface area is 224 Å². The summed E-state index contributed by atoms with van der Waals surface area (Å²) < 4.78 is 10.2. The molecule has 9 heteroatoms. The summed E-state index contributed by atoms with van der Waals surface area (Å²) >= 11 is 5.81. The molecule has 0 bridgehead atoms. The minimum atomic E-state index is -0.959. The summed E-state index contributed by atoms with van der Waals surface area (Å²) in [6, 6.07) is 20.8. The van der Waals surface area contributed by atoms with Gasteiger partial charge in [0.05, 0.1) is 5.56 Å². The maximum atomic E-state index is 12.3.